The number of carbonyl (C=O) groups is 1. The predicted octanol–water partition coefficient (Wildman–Crippen LogP) is 2.90. The molecular formula is C19H21N3O3. The molecule has 0 bridgehead atoms. The number of hydrogen-bond acceptors (Lipinski definition) is 5. The van der Waals surface area contributed by atoms with Crippen molar-refractivity contribution in [2.75, 3.05) is 13.7 Å². The third kappa shape index (κ3) is 3.89. The number of rotatable bonds is 6. The molecule has 1 amide bonds. The van der Waals surface area contributed by atoms with E-state index in [1.54, 1.807) is 24.1 Å². The smallest absolute Gasteiger partial charge is 0.254 e. The van der Waals surface area contributed by atoms with E-state index in [0.29, 0.717) is 29.5 Å². The SMILES string of the molecule is C#CCN(C(=O)c1cccc(-c2nnc(COC)o2)c1)C1CCCC1. The maximum Gasteiger partial charge on any atom is 0.254 e. The summed E-state index contributed by atoms with van der Waals surface area (Å²) in [5.74, 6) is 3.32. The summed E-state index contributed by atoms with van der Waals surface area (Å²) in [5.41, 5.74) is 1.28. The second-order valence-corrected chi connectivity index (χ2v) is 6.09. The summed E-state index contributed by atoms with van der Waals surface area (Å²) in [5, 5.41) is 7.93. The zero-order valence-electron chi connectivity index (χ0n) is 14.3. The topological polar surface area (TPSA) is 68.5 Å². The second kappa shape index (κ2) is 7.95. The quantitative estimate of drug-likeness (QED) is 0.757. The lowest BCUT2D eigenvalue weighted by Crippen LogP contribution is -2.39. The molecule has 3 rings (SSSR count). The van der Waals surface area contributed by atoms with Gasteiger partial charge >= 0.3 is 0 Å². The minimum Gasteiger partial charge on any atom is -0.418 e. The molecule has 6 nitrogen and oxygen atoms in total. The second-order valence-electron chi connectivity index (χ2n) is 6.09. The third-order valence-corrected chi connectivity index (χ3v) is 4.38. The van der Waals surface area contributed by atoms with Crippen LogP contribution >= 0.6 is 0 Å². The number of nitrogens with zero attached hydrogens (tertiary/aromatic N) is 3. The highest BCUT2D eigenvalue weighted by atomic mass is 16.5. The molecule has 1 saturated carbocycles. The van der Waals surface area contributed by atoms with Crippen molar-refractivity contribution in [1.29, 1.82) is 0 Å². The van der Waals surface area contributed by atoms with Gasteiger partial charge in [-0.2, -0.15) is 0 Å². The summed E-state index contributed by atoms with van der Waals surface area (Å²) < 4.78 is 10.5. The number of methoxy groups -OCH3 is 1. The molecule has 130 valence electrons. The highest BCUT2D eigenvalue weighted by Crippen LogP contribution is 2.26. The van der Waals surface area contributed by atoms with Crippen LogP contribution in [0.5, 0.6) is 0 Å². The predicted molar refractivity (Wildman–Crippen MR) is 92.6 cm³/mol. The fourth-order valence-corrected chi connectivity index (χ4v) is 3.18. The molecule has 25 heavy (non-hydrogen) atoms. The molecule has 1 aromatic heterocycles. The average Bonchev–Trinajstić information content (AvgIpc) is 3.31. The van der Waals surface area contributed by atoms with Crippen LogP contribution in [0, 0.1) is 12.3 Å². The highest BCUT2D eigenvalue weighted by molar-refractivity contribution is 5.95. The first kappa shape index (κ1) is 17.2. The minimum absolute atomic E-state index is 0.0525. The van der Waals surface area contributed by atoms with Gasteiger partial charge in [0.05, 0.1) is 6.54 Å². The van der Waals surface area contributed by atoms with Crippen LogP contribution in [0.15, 0.2) is 28.7 Å². The lowest BCUT2D eigenvalue weighted by atomic mass is 10.1. The number of benzene rings is 1. The molecule has 0 spiro atoms. The fraction of sp³-hybridized carbons (Fsp3) is 0.421. The van der Waals surface area contributed by atoms with Gasteiger partial charge in [0, 0.05) is 24.3 Å². The number of ether oxygens (including phenoxy) is 1. The standard InChI is InChI=1S/C19H21N3O3/c1-3-11-22(16-9-4-5-10-16)19(23)15-8-6-7-14(12-15)18-21-20-17(25-18)13-24-2/h1,6-8,12,16H,4-5,9-11,13H2,2H3. The van der Waals surface area contributed by atoms with Gasteiger partial charge in [0.2, 0.25) is 11.8 Å². The molecule has 0 N–H and O–H groups in total. The Morgan fingerprint density at radius 1 is 1.40 bits per heavy atom. The zero-order chi connectivity index (χ0) is 17.6. The molecular weight excluding hydrogens is 318 g/mol. The van der Waals surface area contributed by atoms with Gasteiger partial charge in [-0.15, -0.1) is 16.6 Å². The number of aromatic nitrogens is 2. The van der Waals surface area contributed by atoms with Crippen LogP contribution in [0.2, 0.25) is 0 Å². The van der Waals surface area contributed by atoms with Crippen molar-refractivity contribution >= 4 is 5.91 Å². The van der Waals surface area contributed by atoms with E-state index in [9.17, 15) is 4.79 Å². The Hall–Kier alpha value is -2.65. The van der Waals surface area contributed by atoms with Crippen LogP contribution in [0.3, 0.4) is 0 Å². The van der Waals surface area contributed by atoms with Crippen LogP contribution < -0.4 is 0 Å². The first-order chi connectivity index (χ1) is 12.2. The Kier molecular flexibility index (Phi) is 5.46. The molecule has 1 fully saturated rings. The van der Waals surface area contributed by atoms with Gasteiger partial charge in [-0.1, -0.05) is 24.8 Å². The van der Waals surface area contributed by atoms with Crippen molar-refractivity contribution in [2.45, 2.75) is 38.3 Å². The van der Waals surface area contributed by atoms with E-state index in [0.717, 1.165) is 25.7 Å². The van der Waals surface area contributed by atoms with Crippen molar-refractivity contribution in [3.63, 3.8) is 0 Å². The molecule has 6 heteroatoms. The van der Waals surface area contributed by atoms with Crippen molar-refractivity contribution in [2.24, 2.45) is 0 Å². The molecule has 1 aliphatic rings. The summed E-state index contributed by atoms with van der Waals surface area (Å²) in [7, 11) is 1.56. The minimum atomic E-state index is -0.0525. The van der Waals surface area contributed by atoms with E-state index in [-0.39, 0.29) is 18.6 Å². The van der Waals surface area contributed by atoms with E-state index in [1.165, 1.54) is 0 Å². The Morgan fingerprint density at radius 3 is 2.92 bits per heavy atom. The number of carbonyl (C=O) groups excluding carboxylic acids is 1. The number of amides is 1. The van der Waals surface area contributed by atoms with Gasteiger partial charge in [-0.3, -0.25) is 4.79 Å². The summed E-state index contributed by atoms with van der Waals surface area (Å²) in [6, 6.07) is 7.43. The Balaban J connectivity index is 1.83. The molecule has 0 saturated heterocycles. The van der Waals surface area contributed by atoms with Crippen LogP contribution in [-0.4, -0.2) is 40.7 Å². The number of terminal acetylenes is 1. The van der Waals surface area contributed by atoms with Crippen LogP contribution in [0.25, 0.3) is 11.5 Å². The molecule has 1 aromatic carbocycles. The van der Waals surface area contributed by atoms with E-state index in [2.05, 4.69) is 16.1 Å². The monoisotopic (exact) mass is 339 g/mol. The summed E-state index contributed by atoms with van der Waals surface area (Å²) in [6.45, 7) is 0.579. The maximum atomic E-state index is 13.0. The van der Waals surface area contributed by atoms with Crippen molar-refractivity contribution < 1.29 is 13.9 Å². The molecule has 1 aliphatic carbocycles. The zero-order valence-corrected chi connectivity index (χ0v) is 14.3. The largest absolute Gasteiger partial charge is 0.418 e. The summed E-state index contributed by atoms with van der Waals surface area (Å²) in [6.07, 6.45) is 9.78. The first-order valence-corrected chi connectivity index (χ1v) is 8.39. The van der Waals surface area contributed by atoms with E-state index < -0.39 is 0 Å². The molecule has 2 aromatic rings. The molecule has 0 atom stereocenters. The Bertz CT molecular complexity index is 772. The fourth-order valence-electron chi connectivity index (χ4n) is 3.18. The Morgan fingerprint density at radius 2 is 2.20 bits per heavy atom. The normalized spacial score (nSPS) is 14.4. The average molecular weight is 339 g/mol. The maximum absolute atomic E-state index is 13.0. The lowest BCUT2D eigenvalue weighted by Gasteiger charge is -2.27. The third-order valence-electron chi connectivity index (χ3n) is 4.38. The first-order valence-electron chi connectivity index (χ1n) is 8.39. The molecule has 0 unspecified atom stereocenters. The van der Waals surface area contributed by atoms with E-state index in [4.69, 9.17) is 15.6 Å². The number of hydrogen-bond donors (Lipinski definition) is 0. The summed E-state index contributed by atoms with van der Waals surface area (Å²) in [4.78, 5) is 14.8. The molecule has 0 radical (unpaired) electrons. The van der Waals surface area contributed by atoms with Crippen molar-refractivity contribution in [1.82, 2.24) is 15.1 Å². The molecule has 0 aliphatic heterocycles. The molecule has 1 heterocycles. The van der Waals surface area contributed by atoms with Crippen LogP contribution in [0.1, 0.15) is 41.9 Å². The van der Waals surface area contributed by atoms with Crippen molar-refractivity contribution in [3.8, 4) is 23.8 Å². The Labute approximate surface area is 147 Å². The van der Waals surface area contributed by atoms with Crippen molar-refractivity contribution in [3.05, 3.63) is 35.7 Å². The van der Waals surface area contributed by atoms with E-state index >= 15 is 0 Å². The van der Waals surface area contributed by atoms with Crippen LogP contribution in [-0.2, 0) is 11.3 Å². The summed E-state index contributed by atoms with van der Waals surface area (Å²) >= 11 is 0. The lowest BCUT2D eigenvalue weighted by molar-refractivity contribution is 0.0710. The van der Waals surface area contributed by atoms with Gasteiger partial charge < -0.3 is 14.1 Å². The van der Waals surface area contributed by atoms with Gasteiger partial charge in [-0.25, -0.2) is 0 Å². The van der Waals surface area contributed by atoms with Gasteiger partial charge in [0.25, 0.3) is 5.91 Å². The van der Waals surface area contributed by atoms with Gasteiger partial charge in [0.15, 0.2) is 0 Å². The highest BCUT2D eigenvalue weighted by Gasteiger charge is 2.27. The van der Waals surface area contributed by atoms with E-state index in [1.807, 2.05) is 12.1 Å². The van der Waals surface area contributed by atoms with Gasteiger partial charge in [0.1, 0.15) is 6.61 Å². The van der Waals surface area contributed by atoms with Crippen LogP contribution in [0.4, 0.5) is 0 Å². The van der Waals surface area contributed by atoms with Gasteiger partial charge in [-0.05, 0) is 31.0 Å².